The van der Waals surface area contributed by atoms with E-state index in [2.05, 4.69) is 86.9 Å². The highest BCUT2D eigenvalue weighted by atomic mass is 31.3. The number of Topliss-reactive ketones (excluding diaryl/α,β-unsaturated/α-hetero) is 1. The minimum absolute atomic E-state index is 0.0237. The second-order valence-corrected chi connectivity index (χ2v) is 33.5. The molecule has 2 saturated heterocycles. The summed E-state index contributed by atoms with van der Waals surface area (Å²) in [6.45, 7) is 4.79. The Labute approximate surface area is 620 Å². The lowest BCUT2D eigenvalue weighted by atomic mass is 9.87. The molecular weight excluding hydrogens is 1590 g/mol. The topological polar surface area (TPSA) is 794 Å². The van der Waals surface area contributed by atoms with Crippen molar-refractivity contribution in [1.29, 1.82) is 0 Å². The summed E-state index contributed by atoms with van der Waals surface area (Å²) in [6.07, 6.45) is -9.37. The molecule has 2 aliphatic heterocycles. The SMILES string of the molecule is CC(C)(COP(=O)([O-])OP(=O)([O-])OCC1OC(C)(n2cnc3c(N)ncnc32)C(O)C1OP(=O)([O-])[O-])C(O)C(=O)NCCC(=O)NCCC(=O)CCCO.CCCNC(=O)CCNC(=O)C(O)C(C)(C)COP(=O)([O-])OP(=O)([O-])OCC1OC(C)(n2cnc3c(N)ncnc32)C(O)C1OP(=O)([O-])[O-].OCCCCO. The predicted octanol–water partition coefficient (Wildman–Crippen LogP) is -8.01. The summed E-state index contributed by atoms with van der Waals surface area (Å²) in [5.74, 6) is -3.20. The number of fused-ring (bicyclic) bond motifs is 2. The number of ketones is 1. The molecule has 4 amide bonds. The van der Waals surface area contributed by atoms with Gasteiger partial charge in [-0.3, -0.25) is 51.4 Å². The number of nitrogens with one attached hydrogen (secondary N) is 4. The maximum Gasteiger partial charge on any atom is 0.274 e. The average molecular weight is 1680 g/mol. The van der Waals surface area contributed by atoms with Gasteiger partial charge in [0, 0.05) is 82.5 Å². The molecule has 56 heteroatoms. The first-order chi connectivity index (χ1) is 50.3. The summed E-state index contributed by atoms with van der Waals surface area (Å²) in [6, 6.07) is 0. The number of ether oxygens (including phenoxy) is 2. The summed E-state index contributed by atoms with van der Waals surface area (Å²) in [5, 5.41) is 77.4. The van der Waals surface area contributed by atoms with E-state index in [9.17, 15) is 111 Å². The lowest BCUT2D eigenvalue weighted by Gasteiger charge is -2.36. The quantitative estimate of drug-likeness (QED) is 0.0145. The van der Waals surface area contributed by atoms with Crippen LogP contribution in [0.1, 0.15) is 99.8 Å². The van der Waals surface area contributed by atoms with Crippen molar-refractivity contribution in [2.24, 2.45) is 10.8 Å². The van der Waals surface area contributed by atoms with Crippen molar-refractivity contribution < 1.29 is 171 Å². The van der Waals surface area contributed by atoms with Crippen LogP contribution in [-0.2, 0) is 108 Å². The number of aromatic nitrogens is 8. The number of rotatable bonds is 43. The maximum absolute atomic E-state index is 12.5. The van der Waals surface area contributed by atoms with Gasteiger partial charge in [0.2, 0.25) is 23.6 Å². The first-order valence-electron chi connectivity index (χ1n) is 32.4. The minimum atomic E-state index is -5.94. The molecule has 14 unspecified atom stereocenters. The molecule has 622 valence electrons. The zero-order valence-electron chi connectivity index (χ0n) is 59.2. The van der Waals surface area contributed by atoms with E-state index in [1.807, 2.05) is 6.92 Å². The molecule has 0 aliphatic carbocycles. The van der Waals surface area contributed by atoms with E-state index in [4.69, 9.17) is 36.3 Å². The van der Waals surface area contributed by atoms with Gasteiger partial charge in [0.05, 0.1) is 54.7 Å². The fourth-order valence-electron chi connectivity index (χ4n) is 9.69. The standard InChI is InChI=1S/C26H44N7O18P3.C23H40N7O16P3.C4H10O2/c1-25(2,21(38)24(39)29-9-7-17(36)28-8-6-15(35)5-4-10-34)12-48-54(45,46)51-53(43,44)47-11-16-19(50-52(40,41)42)20(37)26(3,49-16)33-14-32-18-22(27)30-13-31-23(18)33;1-5-7-25-14(31)6-8-26-21(34)18(33)22(2,3)10-43-49(40,41)46-48(38,39)42-9-13-16(45-47(35,36)37)17(32)23(4,44-13)30-12-29-15-19(24)27-11-28-20(15)30;5-3-1-2-4-6/h13-14,16,19-21,34,37-38H,4-12H2,1-3H3,(H,28,36)(H,29,39)(H,43,44)(H,45,46)(H2,27,30,31)(H2,40,41,42);11-13,16-18,32-33H,5-10H2,1-4H3,(H,25,31)(H,26,34)(H,38,39)(H,40,41)(H2,24,27,28)(H2,35,36,37);5-6H,1-4H2/p-8. The van der Waals surface area contributed by atoms with Crippen LogP contribution in [0.2, 0.25) is 0 Å². The Hall–Kier alpha value is -5.37. The lowest BCUT2D eigenvalue weighted by molar-refractivity contribution is -0.349. The largest absolute Gasteiger partial charge is 0.790 e. The number of unbranched alkanes of at least 4 members (excludes halogenated alkanes) is 1. The van der Waals surface area contributed by atoms with Crippen molar-refractivity contribution in [2.75, 3.05) is 83.9 Å². The van der Waals surface area contributed by atoms with Gasteiger partial charge in [-0.2, -0.15) is 0 Å². The van der Waals surface area contributed by atoms with Crippen LogP contribution >= 0.6 is 46.9 Å². The molecule has 4 aromatic rings. The molecule has 6 rings (SSSR count). The summed E-state index contributed by atoms with van der Waals surface area (Å²) in [5.41, 5.74) is 4.08. The number of phosphoric acid groups is 6. The number of carbonyl (C=O) groups excluding carboxylic acids is 5. The van der Waals surface area contributed by atoms with E-state index in [0.717, 1.165) is 47.3 Å². The van der Waals surface area contributed by atoms with Gasteiger partial charge in [-0.1, -0.05) is 34.6 Å². The molecule has 0 bridgehead atoms. The molecule has 50 nitrogen and oxygen atoms in total. The van der Waals surface area contributed by atoms with Crippen molar-refractivity contribution >= 4 is 110 Å². The van der Waals surface area contributed by atoms with E-state index < -0.39 is 162 Å². The third kappa shape index (κ3) is 29.5. The Balaban J connectivity index is 0.000000429. The van der Waals surface area contributed by atoms with Crippen molar-refractivity contribution in [2.45, 2.75) is 160 Å². The van der Waals surface area contributed by atoms with Crippen molar-refractivity contribution in [3.63, 3.8) is 0 Å². The number of hydrogen-bond acceptors (Lipinski definition) is 44. The molecule has 6 heterocycles. The number of aliphatic hydroxyl groups is 7. The van der Waals surface area contributed by atoms with Gasteiger partial charge in [0.15, 0.2) is 34.4 Å². The maximum atomic E-state index is 12.5. The molecule has 0 saturated carbocycles. The molecule has 2 aliphatic rings. The zero-order valence-corrected chi connectivity index (χ0v) is 64.6. The van der Waals surface area contributed by atoms with E-state index in [-0.39, 0.29) is 111 Å². The van der Waals surface area contributed by atoms with Gasteiger partial charge in [0.25, 0.3) is 31.3 Å². The van der Waals surface area contributed by atoms with Crippen LogP contribution in [-0.4, -0.2) is 225 Å². The molecule has 15 N–H and O–H groups in total. The first kappa shape index (κ1) is 96.0. The molecule has 0 radical (unpaired) electrons. The molecule has 109 heavy (non-hydrogen) atoms. The summed E-state index contributed by atoms with van der Waals surface area (Å²) in [7, 11) is -35.2. The van der Waals surface area contributed by atoms with Crippen LogP contribution in [0.3, 0.4) is 0 Å². The lowest BCUT2D eigenvalue weighted by Crippen LogP contribution is -2.46. The highest BCUT2D eigenvalue weighted by Crippen LogP contribution is 2.58. The number of amides is 4. The number of nitrogens with zero attached hydrogens (tertiary/aromatic N) is 8. The van der Waals surface area contributed by atoms with Crippen molar-refractivity contribution in [3.8, 4) is 0 Å². The molecule has 0 spiro atoms. The van der Waals surface area contributed by atoms with E-state index >= 15 is 0 Å². The highest BCUT2D eigenvalue weighted by Gasteiger charge is 2.57. The van der Waals surface area contributed by atoms with E-state index in [0.29, 0.717) is 19.4 Å². The van der Waals surface area contributed by atoms with Crippen LogP contribution < -0.4 is 71.9 Å². The van der Waals surface area contributed by atoms with Gasteiger partial charge in [0.1, 0.15) is 78.3 Å². The summed E-state index contributed by atoms with van der Waals surface area (Å²) in [4.78, 5) is 179. The first-order valence-corrected chi connectivity index (χ1v) is 41.2. The summed E-state index contributed by atoms with van der Waals surface area (Å²) < 4.78 is 122. The van der Waals surface area contributed by atoms with Crippen molar-refractivity contribution in [3.05, 3.63) is 25.3 Å². The average Bonchev–Trinajstić information content (AvgIpc) is 1.59. The van der Waals surface area contributed by atoms with Crippen LogP contribution in [0.4, 0.5) is 11.6 Å². The van der Waals surface area contributed by atoms with Crippen LogP contribution in [0.15, 0.2) is 25.3 Å². The third-order valence-corrected chi connectivity index (χ3v) is 21.6. The van der Waals surface area contributed by atoms with Gasteiger partial charge >= 0.3 is 0 Å². The number of phosphoric ester groups is 6. The number of aliphatic hydroxyl groups excluding tert-OH is 7. The molecular formula is C53H86N14O36P6-8. The van der Waals surface area contributed by atoms with Crippen molar-refractivity contribution in [1.82, 2.24) is 60.3 Å². The molecule has 14 atom stereocenters. The minimum Gasteiger partial charge on any atom is -0.790 e. The number of imidazole rings is 2. The molecule has 2 fully saturated rings. The number of hydrogen-bond donors (Lipinski definition) is 13. The van der Waals surface area contributed by atoms with E-state index in [1.54, 1.807) is 0 Å². The third-order valence-electron chi connectivity index (χ3n) is 15.6. The fraction of sp³-hybridized carbons (Fsp3) is 0.717. The van der Waals surface area contributed by atoms with Gasteiger partial charge < -0.3 is 153 Å². The highest BCUT2D eigenvalue weighted by molar-refractivity contribution is 7.60. The number of carbonyl (C=O) groups is 5. The monoisotopic (exact) mass is 1680 g/mol. The predicted molar refractivity (Wildman–Crippen MR) is 350 cm³/mol. The Kier molecular flexibility index (Phi) is 36.2. The van der Waals surface area contributed by atoms with Gasteiger partial charge in [-0.15, -0.1) is 0 Å². The van der Waals surface area contributed by atoms with Gasteiger partial charge in [-0.25, -0.2) is 38.5 Å². The second-order valence-electron chi connectivity index (χ2n) is 25.4. The molecule has 0 aromatic carbocycles. The van der Waals surface area contributed by atoms with Crippen LogP contribution in [0, 0.1) is 10.8 Å². The zero-order chi connectivity index (χ0) is 82.5. The Morgan fingerprint density at radius 3 is 1.24 bits per heavy atom. The Bertz CT molecular complexity index is 4000. The van der Waals surface area contributed by atoms with E-state index in [1.165, 1.54) is 41.5 Å². The fourth-order valence-corrected chi connectivity index (χ4v) is 15.1. The van der Waals surface area contributed by atoms with Crippen LogP contribution in [0.25, 0.3) is 22.3 Å². The number of nitrogens with two attached hydrogens (primary N) is 2. The number of nitrogen functional groups attached to an aromatic ring is 2. The second kappa shape index (κ2) is 41.1. The normalized spacial score (nSPS) is 23.2. The van der Waals surface area contributed by atoms with Gasteiger partial charge in [-0.05, 0) is 39.5 Å². The number of anilines is 2. The Morgan fingerprint density at radius 1 is 0.541 bits per heavy atom. The molecule has 4 aromatic heterocycles. The summed E-state index contributed by atoms with van der Waals surface area (Å²) >= 11 is 0. The smallest absolute Gasteiger partial charge is 0.274 e. The Morgan fingerprint density at radius 2 is 0.890 bits per heavy atom. The van der Waals surface area contributed by atoms with Crippen LogP contribution in [0.5, 0.6) is 0 Å².